The highest BCUT2D eigenvalue weighted by atomic mass is 32.1. The van der Waals surface area contributed by atoms with Crippen LogP contribution >= 0.6 is 11.3 Å². The molecule has 9 heteroatoms. The van der Waals surface area contributed by atoms with Gasteiger partial charge in [-0.1, -0.05) is 92.1 Å². The van der Waals surface area contributed by atoms with Gasteiger partial charge in [0.25, 0.3) is 0 Å². The van der Waals surface area contributed by atoms with Gasteiger partial charge in [-0.3, -0.25) is 20.2 Å². The summed E-state index contributed by atoms with van der Waals surface area (Å²) in [5.41, 5.74) is 3.75. The normalized spacial score (nSPS) is 10.5. The van der Waals surface area contributed by atoms with Crippen LogP contribution in [0.1, 0.15) is 26.7 Å². The van der Waals surface area contributed by atoms with Crippen molar-refractivity contribution >= 4 is 22.7 Å². The van der Waals surface area contributed by atoms with Crippen molar-refractivity contribution in [3.05, 3.63) is 117 Å². The summed E-state index contributed by atoms with van der Waals surface area (Å²) in [7, 11) is 0. The molecule has 0 atom stereocenters. The first-order valence-corrected chi connectivity index (χ1v) is 15.2. The third-order valence-corrected chi connectivity index (χ3v) is 8.41. The molecule has 0 aliphatic heterocycles. The minimum Gasteiger partial charge on any atom is -0.494 e. The average Bonchev–Trinajstić information content (AvgIpc) is 3.48. The van der Waals surface area contributed by atoms with Crippen molar-refractivity contribution in [3.8, 4) is 66.5 Å². The fourth-order valence-electron chi connectivity index (χ4n) is 4.79. The van der Waals surface area contributed by atoms with Crippen LogP contribution < -0.4 is 9.47 Å². The summed E-state index contributed by atoms with van der Waals surface area (Å²) in [6.07, 6.45) is 2.05. The molecule has 0 unspecified atom stereocenters. The number of benzene rings is 4. The van der Waals surface area contributed by atoms with E-state index in [-0.39, 0.29) is 9.75 Å². The van der Waals surface area contributed by atoms with Crippen molar-refractivity contribution < 1.29 is 19.3 Å². The van der Waals surface area contributed by atoms with Crippen LogP contribution in [0, 0.1) is 32.1 Å². The van der Waals surface area contributed by atoms with Gasteiger partial charge in [0.05, 0.1) is 16.5 Å². The van der Waals surface area contributed by atoms with E-state index in [0.29, 0.717) is 30.1 Å². The zero-order valence-electron chi connectivity index (χ0n) is 24.8. The van der Waals surface area contributed by atoms with Gasteiger partial charge in [-0.2, -0.15) is 0 Å². The number of hydrogen-bond acceptors (Lipinski definition) is 7. The number of nitro groups is 2. The predicted molar refractivity (Wildman–Crippen MR) is 179 cm³/mol. The molecule has 226 valence electrons. The summed E-state index contributed by atoms with van der Waals surface area (Å²) < 4.78 is 11.3. The number of unbranched alkanes of at least 4 members (excludes halogenated alkanes) is 1. The van der Waals surface area contributed by atoms with Crippen LogP contribution in [-0.2, 0) is 0 Å². The summed E-state index contributed by atoms with van der Waals surface area (Å²) in [5, 5.41) is 24.4. The Morgan fingerprint density at radius 2 is 1.00 bits per heavy atom. The number of ether oxygens (including phenoxy) is 2. The molecule has 0 N–H and O–H groups in total. The Hall–Kier alpha value is -5.46. The van der Waals surface area contributed by atoms with E-state index in [2.05, 4.69) is 18.8 Å². The second-order valence-electron chi connectivity index (χ2n) is 10.1. The zero-order chi connectivity index (χ0) is 31.8. The molecule has 1 aromatic heterocycles. The highest BCUT2D eigenvalue weighted by Gasteiger charge is 2.37. The SMILES string of the molecule is CC#CCOc1ccc(-c2ccc(-c3sc(-c4ccc(-c5ccc(OCCCC)cc5)cc4)c([N+](=O)[O-])c3[N+](=O)[O-])cc2)cc1. The first kappa shape index (κ1) is 31.0. The van der Waals surface area contributed by atoms with E-state index in [9.17, 15) is 20.2 Å². The van der Waals surface area contributed by atoms with E-state index in [1.54, 1.807) is 31.2 Å². The summed E-state index contributed by atoms with van der Waals surface area (Å²) in [6, 6.07) is 29.7. The summed E-state index contributed by atoms with van der Waals surface area (Å²) in [5.74, 6) is 7.13. The Morgan fingerprint density at radius 3 is 1.38 bits per heavy atom. The second kappa shape index (κ2) is 14.3. The second-order valence-corrected chi connectivity index (χ2v) is 11.1. The Labute approximate surface area is 265 Å². The maximum Gasteiger partial charge on any atom is 0.365 e. The molecule has 5 rings (SSSR count). The molecule has 0 aliphatic rings. The Morgan fingerprint density at radius 1 is 0.622 bits per heavy atom. The van der Waals surface area contributed by atoms with Crippen LogP contribution in [-0.4, -0.2) is 23.1 Å². The molecule has 8 nitrogen and oxygen atoms in total. The van der Waals surface area contributed by atoms with Crippen molar-refractivity contribution in [1.29, 1.82) is 0 Å². The lowest BCUT2D eigenvalue weighted by Gasteiger charge is -2.07. The van der Waals surface area contributed by atoms with Gasteiger partial charge < -0.3 is 9.47 Å². The van der Waals surface area contributed by atoms with E-state index in [1.165, 1.54) is 0 Å². The highest BCUT2D eigenvalue weighted by Crippen LogP contribution is 2.51. The minimum atomic E-state index is -0.665. The van der Waals surface area contributed by atoms with E-state index < -0.39 is 21.2 Å². The Kier molecular flexibility index (Phi) is 9.87. The van der Waals surface area contributed by atoms with E-state index >= 15 is 0 Å². The zero-order valence-corrected chi connectivity index (χ0v) is 25.6. The van der Waals surface area contributed by atoms with Crippen LogP contribution in [0.15, 0.2) is 97.1 Å². The molecule has 0 spiro atoms. The fraction of sp³-hybridized carbons (Fsp3) is 0.167. The van der Waals surface area contributed by atoms with Crippen LogP contribution in [0.25, 0.3) is 43.1 Å². The van der Waals surface area contributed by atoms with Crippen molar-refractivity contribution in [1.82, 2.24) is 0 Å². The van der Waals surface area contributed by atoms with E-state index in [0.717, 1.165) is 52.2 Å². The number of thiophene rings is 1. The molecule has 0 radical (unpaired) electrons. The largest absolute Gasteiger partial charge is 0.494 e. The predicted octanol–water partition coefficient (Wildman–Crippen LogP) is 9.81. The molecule has 0 amide bonds. The fourth-order valence-corrected chi connectivity index (χ4v) is 6.03. The molecule has 0 fully saturated rings. The van der Waals surface area contributed by atoms with Crippen molar-refractivity contribution in [2.45, 2.75) is 26.7 Å². The van der Waals surface area contributed by atoms with Crippen LogP contribution in [0.4, 0.5) is 11.4 Å². The molecule has 0 aliphatic carbocycles. The van der Waals surface area contributed by atoms with Gasteiger partial charge in [-0.05, 0) is 71.0 Å². The smallest absolute Gasteiger partial charge is 0.365 e. The molecule has 0 bridgehead atoms. The van der Waals surface area contributed by atoms with Crippen molar-refractivity contribution in [2.75, 3.05) is 13.2 Å². The summed E-state index contributed by atoms with van der Waals surface area (Å²) in [4.78, 5) is 23.6. The van der Waals surface area contributed by atoms with Gasteiger partial charge in [0.1, 0.15) is 27.9 Å². The third kappa shape index (κ3) is 7.20. The molecule has 1 heterocycles. The number of hydrogen-bond donors (Lipinski definition) is 0. The standard InChI is InChI=1S/C36H30N2O6S/c1-3-5-23-43-31-19-15-27(16-20-31)25-7-11-29(12-8-25)35-33(37(39)40)34(38(41)42)36(45-35)30-13-9-26(10-14-30)28-17-21-32(22-18-28)44-24-6-4-2/h7-22H,3,5,23-24H2,1-2H3. The molecule has 0 saturated carbocycles. The first-order chi connectivity index (χ1) is 21.9. The topological polar surface area (TPSA) is 105 Å². The monoisotopic (exact) mass is 618 g/mol. The molecular weight excluding hydrogens is 588 g/mol. The lowest BCUT2D eigenvalue weighted by atomic mass is 10.0. The maximum atomic E-state index is 12.2. The Bertz CT molecular complexity index is 1850. The minimum absolute atomic E-state index is 0.233. The van der Waals surface area contributed by atoms with Gasteiger partial charge in [0.15, 0.2) is 0 Å². The quantitative estimate of drug-likeness (QED) is 0.0596. The summed E-state index contributed by atoms with van der Waals surface area (Å²) in [6.45, 7) is 4.84. The van der Waals surface area contributed by atoms with Crippen LogP contribution in [0.3, 0.4) is 0 Å². The molecule has 5 aromatic rings. The molecular formula is C36H30N2O6S. The van der Waals surface area contributed by atoms with Gasteiger partial charge >= 0.3 is 11.4 Å². The first-order valence-electron chi connectivity index (χ1n) is 14.4. The summed E-state index contributed by atoms with van der Waals surface area (Å²) >= 11 is 1.05. The average molecular weight is 619 g/mol. The Balaban J connectivity index is 1.42. The van der Waals surface area contributed by atoms with Crippen LogP contribution in [0.2, 0.25) is 0 Å². The molecule has 45 heavy (non-hydrogen) atoms. The van der Waals surface area contributed by atoms with Crippen LogP contribution in [0.5, 0.6) is 11.5 Å². The van der Waals surface area contributed by atoms with Gasteiger partial charge in [0, 0.05) is 0 Å². The lowest BCUT2D eigenvalue weighted by molar-refractivity contribution is -0.420. The van der Waals surface area contributed by atoms with E-state index in [1.807, 2.05) is 72.8 Å². The highest BCUT2D eigenvalue weighted by molar-refractivity contribution is 7.20. The molecule has 4 aromatic carbocycles. The van der Waals surface area contributed by atoms with Gasteiger partial charge in [0.2, 0.25) is 0 Å². The van der Waals surface area contributed by atoms with Crippen molar-refractivity contribution in [3.63, 3.8) is 0 Å². The third-order valence-electron chi connectivity index (χ3n) is 7.15. The maximum absolute atomic E-state index is 12.2. The lowest BCUT2D eigenvalue weighted by Crippen LogP contribution is -1.96. The number of rotatable bonds is 12. The molecule has 0 saturated heterocycles. The van der Waals surface area contributed by atoms with Crippen molar-refractivity contribution in [2.24, 2.45) is 0 Å². The number of nitrogens with zero attached hydrogens (tertiary/aromatic N) is 2. The van der Waals surface area contributed by atoms with Gasteiger partial charge in [-0.25, -0.2) is 0 Å². The van der Waals surface area contributed by atoms with E-state index in [4.69, 9.17) is 9.47 Å². The van der Waals surface area contributed by atoms with Gasteiger partial charge in [-0.15, -0.1) is 17.3 Å².